The number of hydrogen-bond acceptors (Lipinski definition) is 4. The van der Waals surface area contributed by atoms with Gasteiger partial charge in [-0.15, -0.1) is 0 Å². The number of carbonyl (C=O) groups is 1. The first-order valence-corrected chi connectivity index (χ1v) is 5.89. The van der Waals surface area contributed by atoms with Crippen LogP contribution >= 0.6 is 0 Å². The van der Waals surface area contributed by atoms with Crippen LogP contribution in [-0.4, -0.2) is 20.6 Å². The minimum absolute atomic E-state index is 0.0342. The second-order valence-electron chi connectivity index (χ2n) is 4.15. The molecule has 0 fully saturated rings. The van der Waals surface area contributed by atoms with Crippen molar-refractivity contribution < 1.29 is 9.90 Å². The Hall–Kier alpha value is -2.83. The maximum Gasteiger partial charge on any atom is 0.329 e. The normalized spacial score (nSPS) is 10.2. The zero-order valence-corrected chi connectivity index (χ0v) is 10.5. The summed E-state index contributed by atoms with van der Waals surface area (Å²) in [7, 11) is 0. The van der Waals surface area contributed by atoms with Crippen LogP contribution in [0.25, 0.3) is 0 Å². The van der Waals surface area contributed by atoms with E-state index in [1.54, 1.807) is 0 Å². The van der Waals surface area contributed by atoms with Gasteiger partial charge in [0.05, 0.1) is 13.1 Å². The van der Waals surface area contributed by atoms with Gasteiger partial charge in [0.2, 0.25) is 0 Å². The predicted octanol–water partition coefficient (Wildman–Crippen LogP) is 0.233. The number of para-hydroxylation sites is 1. The molecule has 104 valence electrons. The van der Waals surface area contributed by atoms with Gasteiger partial charge >= 0.3 is 11.7 Å². The van der Waals surface area contributed by atoms with E-state index >= 15 is 0 Å². The van der Waals surface area contributed by atoms with E-state index in [2.05, 4.69) is 10.3 Å². The topological polar surface area (TPSA) is 104 Å². The molecule has 2 aromatic rings. The molecule has 0 saturated heterocycles. The van der Waals surface area contributed by atoms with Crippen LogP contribution < -0.4 is 16.6 Å². The first-order valence-electron chi connectivity index (χ1n) is 5.89. The summed E-state index contributed by atoms with van der Waals surface area (Å²) >= 11 is 0. The van der Waals surface area contributed by atoms with Crippen molar-refractivity contribution in [3.63, 3.8) is 0 Å². The molecule has 20 heavy (non-hydrogen) atoms. The second-order valence-corrected chi connectivity index (χ2v) is 4.15. The maximum absolute atomic E-state index is 11.6. The minimum Gasteiger partial charge on any atom is -0.481 e. The standard InChI is InChI=1S/C13H13N3O4/c17-11(18)6-9-7-16(13(20)15-12(9)19)8-14-10-4-2-1-3-5-10/h1-5,7,14H,6,8H2,(H,17,18)(H,15,19,20). The number of anilines is 1. The van der Waals surface area contributed by atoms with Crippen molar-refractivity contribution in [3.05, 3.63) is 62.9 Å². The molecule has 0 saturated carbocycles. The van der Waals surface area contributed by atoms with Gasteiger partial charge < -0.3 is 10.4 Å². The molecule has 3 N–H and O–H groups in total. The lowest BCUT2D eigenvalue weighted by molar-refractivity contribution is -0.136. The molecule has 0 bridgehead atoms. The number of hydrogen-bond donors (Lipinski definition) is 3. The van der Waals surface area contributed by atoms with E-state index in [-0.39, 0.29) is 12.2 Å². The van der Waals surface area contributed by atoms with E-state index in [0.717, 1.165) is 5.69 Å². The van der Waals surface area contributed by atoms with Gasteiger partial charge in [0, 0.05) is 17.4 Å². The van der Waals surface area contributed by atoms with E-state index < -0.39 is 23.6 Å². The molecule has 0 radical (unpaired) electrons. The van der Waals surface area contributed by atoms with E-state index in [9.17, 15) is 14.4 Å². The fourth-order valence-electron chi connectivity index (χ4n) is 1.69. The maximum atomic E-state index is 11.6. The Balaban J connectivity index is 2.21. The summed E-state index contributed by atoms with van der Waals surface area (Å²) in [5.74, 6) is -1.13. The molecule has 7 heteroatoms. The molecular formula is C13H13N3O4. The van der Waals surface area contributed by atoms with Gasteiger partial charge in [-0.2, -0.15) is 0 Å². The molecule has 0 atom stereocenters. The zero-order chi connectivity index (χ0) is 14.5. The van der Waals surface area contributed by atoms with Crippen molar-refractivity contribution >= 4 is 11.7 Å². The van der Waals surface area contributed by atoms with Crippen molar-refractivity contribution in [1.29, 1.82) is 0 Å². The highest BCUT2D eigenvalue weighted by molar-refractivity contribution is 5.69. The Morgan fingerprint density at radius 1 is 1.25 bits per heavy atom. The van der Waals surface area contributed by atoms with Gasteiger partial charge in [0.25, 0.3) is 5.56 Å². The summed E-state index contributed by atoms with van der Waals surface area (Å²) in [6, 6.07) is 9.20. The number of aliphatic carboxylic acids is 1. The van der Waals surface area contributed by atoms with Crippen molar-refractivity contribution in [1.82, 2.24) is 9.55 Å². The lowest BCUT2D eigenvalue weighted by atomic mass is 10.2. The van der Waals surface area contributed by atoms with Crippen molar-refractivity contribution in [3.8, 4) is 0 Å². The number of rotatable bonds is 5. The van der Waals surface area contributed by atoms with Gasteiger partial charge in [-0.05, 0) is 12.1 Å². The molecule has 0 unspecified atom stereocenters. The third-order valence-corrected chi connectivity index (χ3v) is 2.65. The lowest BCUT2D eigenvalue weighted by Crippen LogP contribution is -2.34. The summed E-state index contributed by atoms with van der Waals surface area (Å²) in [4.78, 5) is 35.8. The van der Waals surface area contributed by atoms with Crippen molar-refractivity contribution in [2.75, 3.05) is 5.32 Å². The van der Waals surface area contributed by atoms with E-state index in [0.29, 0.717) is 0 Å². The van der Waals surface area contributed by atoms with Crippen molar-refractivity contribution in [2.45, 2.75) is 13.1 Å². The van der Waals surface area contributed by atoms with Crippen LogP contribution in [0.4, 0.5) is 5.69 Å². The number of benzene rings is 1. The third kappa shape index (κ3) is 3.35. The number of H-pyrrole nitrogens is 1. The highest BCUT2D eigenvalue weighted by Gasteiger charge is 2.08. The molecule has 0 amide bonds. The number of carboxylic acid groups (broad SMARTS) is 1. The van der Waals surface area contributed by atoms with E-state index in [1.165, 1.54) is 10.8 Å². The van der Waals surface area contributed by atoms with E-state index in [1.807, 2.05) is 30.3 Å². The highest BCUT2D eigenvalue weighted by Crippen LogP contribution is 2.04. The molecule has 7 nitrogen and oxygen atoms in total. The largest absolute Gasteiger partial charge is 0.481 e. The second kappa shape index (κ2) is 5.87. The van der Waals surface area contributed by atoms with Crippen LogP contribution in [-0.2, 0) is 17.9 Å². The van der Waals surface area contributed by atoms with Crippen LogP contribution in [0, 0.1) is 0 Å². The van der Waals surface area contributed by atoms with Crippen molar-refractivity contribution in [2.24, 2.45) is 0 Å². The van der Waals surface area contributed by atoms with Gasteiger partial charge in [-0.1, -0.05) is 18.2 Å². The SMILES string of the molecule is O=C(O)Cc1cn(CNc2ccccc2)c(=O)[nH]c1=O. The number of carboxylic acids is 1. The third-order valence-electron chi connectivity index (χ3n) is 2.65. The molecule has 0 spiro atoms. The Morgan fingerprint density at radius 3 is 2.60 bits per heavy atom. The Bertz CT molecular complexity index is 718. The summed E-state index contributed by atoms with van der Waals surface area (Å²) in [6.45, 7) is 0.131. The van der Waals surface area contributed by atoms with Crippen LogP contribution in [0.2, 0.25) is 0 Å². The number of aromatic amines is 1. The lowest BCUT2D eigenvalue weighted by Gasteiger charge is -2.09. The monoisotopic (exact) mass is 275 g/mol. The molecule has 0 aliphatic rings. The summed E-state index contributed by atoms with van der Waals surface area (Å²) in [6.07, 6.45) is 0.826. The molecule has 2 rings (SSSR count). The average molecular weight is 275 g/mol. The van der Waals surface area contributed by atoms with Gasteiger partial charge in [-0.25, -0.2) is 4.79 Å². The predicted molar refractivity (Wildman–Crippen MR) is 72.7 cm³/mol. The fourth-order valence-corrected chi connectivity index (χ4v) is 1.69. The number of aromatic nitrogens is 2. The summed E-state index contributed by atoms with van der Waals surface area (Å²) < 4.78 is 1.21. The molecular weight excluding hydrogens is 262 g/mol. The highest BCUT2D eigenvalue weighted by atomic mass is 16.4. The van der Waals surface area contributed by atoms with Crippen LogP contribution in [0.1, 0.15) is 5.56 Å². The molecule has 0 aliphatic carbocycles. The fraction of sp³-hybridized carbons (Fsp3) is 0.154. The first-order chi connectivity index (χ1) is 9.56. The Morgan fingerprint density at radius 2 is 1.95 bits per heavy atom. The minimum atomic E-state index is -1.13. The molecule has 1 aromatic carbocycles. The average Bonchev–Trinajstić information content (AvgIpc) is 2.41. The van der Waals surface area contributed by atoms with Gasteiger partial charge in [-0.3, -0.25) is 19.1 Å². The summed E-state index contributed by atoms with van der Waals surface area (Å²) in [5, 5.41) is 11.7. The summed E-state index contributed by atoms with van der Waals surface area (Å²) in [5.41, 5.74) is -0.418. The molecule has 1 heterocycles. The Kier molecular flexibility index (Phi) is 3.99. The van der Waals surface area contributed by atoms with E-state index in [4.69, 9.17) is 5.11 Å². The van der Waals surface area contributed by atoms with Gasteiger partial charge in [0.1, 0.15) is 0 Å². The van der Waals surface area contributed by atoms with Crippen LogP contribution in [0.3, 0.4) is 0 Å². The Labute approximate surface area is 113 Å². The van der Waals surface area contributed by atoms with Gasteiger partial charge in [0.15, 0.2) is 0 Å². The number of nitrogens with zero attached hydrogens (tertiary/aromatic N) is 1. The van der Waals surface area contributed by atoms with Crippen LogP contribution in [0.5, 0.6) is 0 Å². The first kappa shape index (κ1) is 13.6. The quantitative estimate of drug-likeness (QED) is 0.724. The zero-order valence-electron chi connectivity index (χ0n) is 10.5. The number of nitrogens with one attached hydrogen (secondary N) is 2. The van der Waals surface area contributed by atoms with Crippen LogP contribution in [0.15, 0.2) is 46.1 Å². The molecule has 0 aliphatic heterocycles. The smallest absolute Gasteiger partial charge is 0.329 e. The molecule has 1 aromatic heterocycles.